The van der Waals surface area contributed by atoms with Crippen LogP contribution in [0.5, 0.6) is 0 Å². The van der Waals surface area contributed by atoms with Crippen molar-refractivity contribution in [1.82, 2.24) is 4.98 Å². The van der Waals surface area contributed by atoms with E-state index < -0.39 is 5.60 Å². The molecule has 130 valence electrons. The second-order valence-corrected chi connectivity index (χ2v) is 8.09. The molecule has 1 aliphatic rings. The van der Waals surface area contributed by atoms with Gasteiger partial charge >= 0.3 is 5.97 Å². The molecule has 0 unspecified atom stereocenters. The Hall–Kier alpha value is -1.61. The summed E-state index contributed by atoms with van der Waals surface area (Å²) < 4.78 is 6.17. The molecule has 24 heavy (non-hydrogen) atoms. The molecule has 0 N–H and O–H groups in total. The predicted octanol–water partition coefficient (Wildman–Crippen LogP) is 4.73. The third-order valence-corrected chi connectivity index (χ3v) is 4.83. The van der Waals surface area contributed by atoms with Crippen molar-refractivity contribution in [2.24, 2.45) is 5.92 Å². The van der Waals surface area contributed by atoms with Gasteiger partial charge in [-0.3, -0.25) is 4.79 Å². The first-order valence-corrected chi connectivity index (χ1v) is 9.02. The zero-order valence-corrected chi connectivity index (χ0v) is 16.3. The maximum atomic E-state index is 12.2. The monoisotopic (exact) mass is 393 g/mol. The lowest BCUT2D eigenvalue weighted by Crippen LogP contribution is -2.44. The van der Waals surface area contributed by atoms with Crippen LogP contribution < -0.4 is 4.90 Å². The molecule has 1 fully saturated rings. The van der Waals surface area contributed by atoms with Gasteiger partial charge in [-0.2, -0.15) is 0 Å². The molecule has 2 atom stereocenters. The zero-order chi connectivity index (χ0) is 17.9. The van der Waals surface area contributed by atoms with Gasteiger partial charge in [-0.25, -0.2) is 0 Å². The van der Waals surface area contributed by atoms with Crippen LogP contribution in [0, 0.1) is 12.5 Å². The van der Waals surface area contributed by atoms with E-state index in [0.717, 1.165) is 25.1 Å². The van der Waals surface area contributed by atoms with E-state index in [-0.39, 0.29) is 17.9 Å². The van der Waals surface area contributed by atoms with Gasteiger partial charge < -0.3 is 14.5 Å². The predicted molar refractivity (Wildman–Crippen MR) is 98.2 cm³/mol. The average Bonchev–Trinajstić information content (AvgIpc) is 2.47. The first-order chi connectivity index (χ1) is 11.2. The minimum Gasteiger partial charge on any atom is -0.460 e. The molecule has 1 aromatic rings. The molecule has 0 radical (unpaired) electrons. The number of hydrogen-bond acceptors (Lipinski definition) is 4. The van der Waals surface area contributed by atoms with E-state index in [9.17, 15) is 4.79 Å². The van der Waals surface area contributed by atoms with Crippen molar-refractivity contribution >= 4 is 33.4 Å². The van der Waals surface area contributed by atoms with E-state index in [2.05, 4.69) is 37.6 Å². The van der Waals surface area contributed by atoms with E-state index in [1.54, 1.807) is 6.20 Å². The summed E-state index contributed by atoms with van der Waals surface area (Å²) >= 11 is 3.41. The van der Waals surface area contributed by atoms with Crippen molar-refractivity contribution in [3.8, 4) is 0 Å². The summed E-state index contributed by atoms with van der Waals surface area (Å²) in [4.78, 5) is 22.0. The Morgan fingerprint density at radius 2 is 2.25 bits per heavy atom. The van der Waals surface area contributed by atoms with E-state index in [1.807, 2.05) is 26.8 Å². The molecule has 0 amide bonds. The minimum atomic E-state index is -0.445. The van der Waals surface area contributed by atoms with Gasteiger partial charge in [0.05, 0.1) is 12.1 Å². The summed E-state index contributed by atoms with van der Waals surface area (Å²) in [7, 11) is 0. The number of aromatic nitrogens is 1. The summed E-state index contributed by atoms with van der Waals surface area (Å²) in [5, 5.41) is 0. The molecule has 2 rings (SSSR count). The van der Waals surface area contributed by atoms with Crippen molar-refractivity contribution in [3.63, 3.8) is 0 Å². The van der Waals surface area contributed by atoms with Gasteiger partial charge in [0.1, 0.15) is 11.8 Å². The lowest BCUT2D eigenvalue weighted by atomic mass is 9.87. The van der Waals surface area contributed by atoms with Crippen LogP contribution in [-0.4, -0.2) is 29.1 Å². The van der Waals surface area contributed by atoms with Gasteiger partial charge in [0, 0.05) is 17.1 Å². The number of pyridine rings is 1. The van der Waals surface area contributed by atoms with Crippen molar-refractivity contribution in [3.05, 3.63) is 28.2 Å². The van der Waals surface area contributed by atoms with E-state index in [4.69, 9.17) is 11.3 Å². The highest BCUT2D eigenvalue weighted by Gasteiger charge is 2.31. The SMILES string of the molecule is [C-]#[N+]c1ncc(N2CCC[C@@H](CC(=O)OC(C)(C)C)[C@H]2C)cc1Br. The molecule has 0 aliphatic carbocycles. The van der Waals surface area contributed by atoms with Gasteiger partial charge in [-0.05, 0) is 52.5 Å². The number of esters is 1. The molecule has 0 spiro atoms. The number of anilines is 1. The molecule has 6 heteroatoms. The quantitative estimate of drug-likeness (QED) is 0.549. The average molecular weight is 394 g/mol. The first kappa shape index (κ1) is 18.7. The number of nitrogens with zero attached hydrogens (tertiary/aromatic N) is 3. The Kier molecular flexibility index (Phi) is 5.87. The highest BCUT2D eigenvalue weighted by molar-refractivity contribution is 9.10. The molecule has 0 aromatic carbocycles. The molecule has 0 bridgehead atoms. The lowest BCUT2D eigenvalue weighted by Gasteiger charge is -2.40. The van der Waals surface area contributed by atoms with Gasteiger partial charge in [-0.1, -0.05) is 22.5 Å². The Labute approximate surface area is 152 Å². The highest BCUT2D eigenvalue weighted by atomic mass is 79.9. The number of carbonyl (C=O) groups excluding carboxylic acids is 1. The Bertz CT molecular complexity index is 649. The van der Waals surface area contributed by atoms with Crippen LogP contribution in [0.2, 0.25) is 0 Å². The van der Waals surface area contributed by atoms with Crippen LogP contribution in [0.1, 0.15) is 47.0 Å². The van der Waals surface area contributed by atoms with Crippen molar-refractivity contribution < 1.29 is 9.53 Å². The van der Waals surface area contributed by atoms with Crippen molar-refractivity contribution in [2.75, 3.05) is 11.4 Å². The standard InChI is InChI=1S/C18H24BrN3O2/c1-12-13(9-16(23)24-18(2,3)4)7-6-8-22(12)14-10-15(19)17(20-5)21-11-14/h10-13H,6-9H2,1-4H3/t12-,13+/m1/s1. The third-order valence-electron chi connectivity index (χ3n) is 4.24. The molecule has 0 saturated carbocycles. The lowest BCUT2D eigenvalue weighted by molar-refractivity contribution is -0.156. The maximum absolute atomic E-state index is 12.2. The second kappa shape index (κ2) is 7.52. The zero-order valence-electron chi connectivity index (χ0n) is 14.7. The van der Waals surface area contributed by atoms with Crippen LogP contribution >= 0.6 is 15.9 Å². The van der Waals surface area contributed by atoms with Crippen LogP contribution in [0.15, 0.2) is 16.7 Å². The fraction of sp³-hybridized carbons (Fsp3) is 0.611. The summed E-state index contributed by atoms with van der Waals surface area (Å²) in [6.45, 7) is 15.8. The number of halogens is 1. The summed E-state index contributed by atoms with van der Waals surface area (Å²) in [5.74, 6) is 0.491. The Balaban J connectivity index is 2.10. The number of carbonyl (C=O) groups is 1. The maximum Gasteiger partial charge on any atom is 0.306 e. The van der Waals surface area contributed by atoms with Crippen LogP contribution in [-0.2, 0) is 9.53 Å². The topological polar surface area (TPSA) is 46.8 Å². The molecular weight excluding hydrogens is 370 g/mol. The molecule has 1 aliphatic heterocycles. The Morgan fingerprint density at radius 1 is 1.54 bits per heavy atom. The summed E-state index contributed by atoms with van der Waals surface area (Å²) in [5.41, 5.74) is 0.537. The number of piperidine rings is 1. The third kappa shape index (κ3) is 4.70. The largest absolute Gasteiger partial charge is 0.460 e. The smallest absolute Gasteiger partial charge is 0.306 e. The molecular formula is C18H24BrN3O2. The van der Waals surface area contributed by atoms with Crippen molar-refractivity contribution in [2.45, 2.75) is 58.6 Å². The van der Waals surface area contributed by atoms with Gasteiger partial charge in [0.25, 0.3) is 5.82 Å². The van der Waals surface area contributed by atoms with Crippen molar-refractivity contribution in [1.29, 1.82) is 0 Å². The minimum absolute atomic E-state index is 0.135. The van der Waals surface area contributed by atoms with Gasteiger partial charge in [0.15, 0.2) is 0 Å². The van der Waals surface area contributed by atoms with E-state index >= 15 is 0 Å². The molecule has 2 heterocycles. The van der Waals surface area contributed by atoms with E-state index in [1.165, 1.54) is 0 Å². The fourth-order valence-corrected chi connectivity index (χ4v) is 3.54. The Morgan fingerprint density at radius 3 is 2.83 bits per heavy atom. The number of hydrogen-bond donors (Lipinski definition) is 0. The summed E-state index contributed by atoms with van der Waals surface area (Å²) in [6.07, 6.45) is 4.22. The fourth-order valence-electron chi connectivity index (χ4n) is 3.12. The highest BCUT2D eigenvalue weighted by Crippen LogP contribution is 2.34. The normalized spacial score (nSPS) is 21.2. The van der Waals surface area contributed by atoms with Crippen LogP contribution in [0.4, 0.5) is 11.5 Å². The molecule has 1 aromatic heterocycles. The number of rotatable bonds is 3. The molecule has 1 saturated heterocycles. The first-order valence-electron chi connectivity index (χ1n) is 8.23. The number of ether oxygens (including phenoxy) is 1. The van der Waals surface area contributed by atoms with E-state index in [0.29, 0.717) is 16.7 Å². The van der Waals surface area contributed by atoms with Gasteiger partial charge in [-0.15, -0.1) is 4.98 Å². The van der Waals surface area contributed by atoms with Gasteiger partial charge in [0.2, 0.25) is 0 Å². The van der Waals surface area contributed by atoms with Crippen LogP contribution in [0.3, 0.4) is 0 Å². The summed E-state index contributed by atoms with van der Waals surface area (Å²) in [6, 6.07) is 2.16. The second-order valence-electron chi connectivity index (χ2n) is 7.24. The van der Waals surface area contributed by atoms with Crippen LogP contribution in [0.25, 0.3) is 4.85 Å². The molecule has 5 nitrogen and oxygen atoms in total.